The summed E-state index contributed by atoms with van der Waals surface area (Å²) in [6, 6.07) is -0.265. The Morgan fingerprint density at radius 2 is 2.28 bits per heavy atom. The molecule has 7 heteroatoms. The molecule has 1 amide bonds. The summed E-state index contributed by atoms with van der Waals surface area (Å²) in [6.07, 6.45) is 2.06. The highest BCUT2D eigenvalue weighted by atomic mass is 32.2. The zero-order valence-corrected chi connectivity index (χ0v) is 11.3. The van der Waals surface area contributed by atoms with E-state index in [1.54, 1.807) is 7.11 Å². The number of ether oxygens (including phenoxy) is 1. The standard InChI is InChI=1S/C11H20N2O4S/c1-17-8-5-10(12-6-8)11(14)13-7-9-3-2-4-18(9,15)16/h8-10,12H,2-7H2,1H3,(H,13,14). The van der Waals surface area contributed by atoms with Crippen LogP contribution >= 0.6 is 0 Å². The largest absolute Gasteiger partial charge is 0.380 e. The molecule has 0 bridgehead atoms. The van der Waals surface area contributed by atoms with Crippen molar-refractivity contribution >= 4 is 15.7 Å². The quantitative estimate of drug-likeness (QED) is 0.692. The third-order valence-electron chi connectivity index (χ3n) is 3.71. The van der Waals surface area contributed by atoms with Gasteiger partial charge in [-0.3, -0.25) is 4.79 Å². The molecule has 3 atom stereocenters. The van der Waals surface area contributed by atoms with Gasteiger partial charge in [0.1, 0.15) is 0 Å². The lowest BCUT2D eigenvalue weighted by molar-refractivity contribution is -0.122. The summed E-state index contributed by atoms with van der Waals surface area (Å²) < 4.78 is 28.4. The SMILES string of the molecule is COC1CNC(C(=O)NCC2CCCS2(=O)=O)C1. The van der Waals surface area contributed by atoms with Crippen LogP contribution in [0, 0.1) is 0 Å². The maximum atomic E-state index is 11.9. The fraction of sp³-hybridized carbons (Fsp3) is 0.909. The van der Waals surface area contributed by atoms with Gasteiger partial charge in [-0.2, -0.15) is 0 Å². The highest BCUT2D eigenvalue weighted by Gasteiger charge is 2.33. The van der Waals surface area contributed by atoms with E-state index in [1.165, 1.54) is 0 Å². The summed E-state index contributed by atoms with van der Waals surface area (Å²) >= 11 is 0. The van der Waals surface area contributed by atoms with Gasteiger partial charge in [-0.05, 0) is 19.3 Å². The van der Waals surface area contributed by atoms with E-state index < -0.39 is 15.1 Å². The zero-order valence-electron chi connectivity index (χ0n) is 10.5. The van der Waals surface area contributed by atoms with Gasteiger partial charge in [-0.25, -0.2) is 8.42 Å². The van der Waals surface area contributed by atoms with Gasteiger partial charge in [-0.15, -0.1) is 0 Å². The van der Waals surface area contributed by atoms with Gasteiger partial charge >= 0.3 is 0 Å². The number of carbonyl (C=O) groups excluding carboxylic acids is 1. The molecule has 2 fully saturated rings. The average Bonchev–Trinajstić information content (AvgIpc) is 2.92. The Bertz CT molecular complexity index is 409. The topological polar surface area (TPSA) is 84.5 Å². The van der Waals surface area contributed by atoms with Crippen molar-refractivity contribution in [1.82, 2.24) is 10.6 Å². The Labute approximate surface area is 107 Å². The maximum absolute atomic E-state index is 11.9. The minimum atomic E-state index is -2.98. The van der Waals surface area contributed by atoms with Crippen molar-refractivity contribution in [2.75, 3.05) is 26.0 Å². The lowest BCUT2D eigenvalue weighted by Gasteiger charge is -2.14. The number of methoxy groups -OCH3 is 1. The van der Waals surface area contributed by atoms with E-state index >= 15 is 0 Å². The first-order valence-corrected chi connectivity index (χ1v) is 8.00. The molecule has 2 saturated heterocycles. The highest BCUT2D eigenvalue weighted by molar-refractivity contribution is 7.92. The Balaban J connectivity index is 1.79. The first-order chi connectivity index (χ1) is 8.53. The summed E-state index contributed by atoms with van der Waals surface area (Å²) in [7, 11) is -1.36. The summed E-state index contributed by atoms with van der Waals surface area (Å²) in [5, 5.41) is 5.40. The summed E-state index contributed by atoms with van der Waals surface area (Å²) in [5.74, 6) is 0.123. The second kappa shape index (κ2) is 5.54. The van der Waals surface area contributed by atoms with Crippen LogP contribution in [0.2, 0.25) is 0 Å². The molecule has 2 aliphatic rings. The molecule has 6 nitrogen and oxygen atoms in total. The second-order valence-electron chi connectivity index (χ2n) is 4.93. The Hall–Kier alpha value is -0.660. The molecule has 0 aromatic rings. The molecular weight excluding hydrogens is 256 g/mol. The zero-order chi connectivity index (χ0) is 13.2. The van der Waals surface area contributed by atoms with Crippen LogP contribution < -0.4 is 10.6 Å². The molecule has 2 aliphatic heterocycles. The number of carbonyl (C=O) groups is 1. The van der Waals surface area contributed by atoms with E-state index in [-0.39, 0.29) is 30.4 Å². The molecule has 2 rings (SSSR count). The van der Waals surface area contributed by atoms with Crippen molar-refractivity contribution in [3.63, 3.8) is 0 Å². The number of amides is 1. The van der Waals surface area contributed by atoms with Gasteiger partial charge in [0.15, 0.2) is 9.84 Å². The predicted molar refractivity (Wildman–Crippen MR) is 67.0 cm³/mol. The molecule has 18 heavy (non-hydrogen) atoms. The fourth-order valence-corrected chi connectivity index (χ4v) is 4.27. The molecule has 0 spiro atoms. The van der Waals surface area contributed by atoms with Gasteiger partial charge in [-0.1, -0.05) is 0 Å². The van der Waals surface area contributed by atoms with Crippen LogP contribution in [0.4, 0.5) is 0 Å². The summed E-state index contributed by atoms with van der Waals surface area (Å²) in [5.41, 5.74) is 0. The van der Waals surface area contributed by atoms with E-state index in [0.717, 1.165) is 0 Å². The van der Waals surface area contributed by atoms with Crippen LogP contribution in [0.5, 0.6) is 0 Å². The molecular formula is C11H20N2O4S. The van der Waals surface area contributed by atoms with Crippen molar-refractivity contribution < 1.29 is 17.9 Å². The van der Waals surface area contributed by atoms with Crippen LogP contribution in [0.3, 0.4) is 0 Å². The van der Waals surface area contributed by atoms with E-state index in [2.05, 4.69) is 10.6 Å². The van der Waals surface area contributed by atoms with Crippen LogP contribution in [-0.2, 0) is 19.4 Å². The first-order valence-electron chi connectivity index (χ1n) is 6.28. The number of nitrogens with one attached hydrogen (secondary N) is 2. The van der Waals surface area contributed by atoms with Gasteiger partial charge in [0.2, 0.25) is 5.91 Å². The first kappa shape index (κ1) is 13.8. The fourth-order valence-electron chi connectivity index (χ4n) is 2.51. The highest BCUT2D eigenvalue weighted by Crippen LogP contribution is 2.19. The van der Waals surface area contributed by atoms with E-state index in [0.29, 0.717) is 25.8 Å². The van der Waals surface area contributed by atoms with Crippen molar-refractivity contribution in [3.8, 4) is 0 Å². The van der Waals surface area contributed by atoms with Gasteiger partial charge in [0, 0.05) is 20.2 Å². The summed E-state index contributed by atoms with van der Waals surface area (Å²) in [6.45, 7) is 0.896. The molecule has 0 radical (unpaired) electrons. The van der Waals surface area contributed by atoms with Crippen LogP contribution in [0.25, 0.3) is 0 Å². The van der Waals surface area contributed by atoms with E-state index in [9.17, 15) is 13.2 Å². The Morgan fingerprint density at radius 1 is 1.50 bits per heavy atom. The molecule has 104 valence electrons. The van der Waals surface area contributed by atoms with Crippen molar-refractivity contribution in [2.24, 2.45) is 0 Å². The van der Waals surface area contributed by atoms with Gasteiger partial charge in [0.25, 0.3) is 0 Å². The Kier molecular flexibility index (Phi) is 4.24. The smallest absolute Gasteiger partial charge is 0.237 e. The molecule has 2 N–H and O–H groups in total. The number of hydrogen-bond acceptors (Lipinski definition) is 5. The van der Waals surface area contributed by atoms with Crippen molar-refractivity contribution in [1.29, 1.82) is 0 Å². The third kappa shape index (κ3) is 3.02. The van der Waals surface area contributed by atoms with Crippen LogP contribution in [0.15, 0.2) is 0 Å². The van der Waals surface area contributed by atoms with Crippen molar-refractivity contribution in [2.45, 2.75) is 36.7 Å². The number of sulfone groups is 1. The predicted octanol–water partition coefficient (Wildman–Crippen LogP) is -0.943. The average molecular weight is 276 g/mol. The van der Waals surface area contributed by atoms with Gasteiger partial charge < -0.3 is 15.4 Å². The molecule has 2 heterocycles. The van der Waals surface area contributed by atoms with Crippen molar-refractivity contribution in [3.05, 3.63) is 0 Å². The lowest BCUT2D eigenvalue weighted by Crippen LogP contribution is -2.44. The Morgan fingerprint density at radius 3 is 2.83 bits per heavy atom. The third-order valence-corrected chi connectivity index (χ3v) is 5.98. The minimum Gasteiger partial charge on any atom is -0.380 e. The number of rotatable bonds is 4. The normalized spacial score (nSPS) is 34.6. The molecule has 0 saturated carbocycles. The van der Waals surface area contributed by atoms with Gasteiger partial charge in [0.05, 0.1) is 23.1 Å². The molecule has 0 aliphatic carbocycles. The molecule has 0 aromatic carbocycles. The number of hydrogen-bond donors (Lipinski definition) is 2. The molecule has 0 aromatic heterocycles. The van der Waals surface area contributed by atoms with E-state index in [4.69, 9.17) is 4.74 Å². The van der Waals surface area contributed by atoms with Crippen LogP contribution in [0.1, 0.15) is 19.3 Å². The monoisotopic (exact) mass is 276 g/mol. The minimum absolute atomic E-state index is 0.0657. The lowest BCUT2D eigenvalue weighted by atomic mass is 10.2. The molecule has 3 unspecified atom stereocenters. The second-order valence-corrected chi connectivity index (χ2v) is 7.33. The summed E-state index contributed by atoms with van der Waals surface area (Å²) in [4.78, 5) is 11.9. The maximum Gasteiger partial charge on any atom is 0.237 e. The van der Waals surface area contributed by atoms with Crippen LogP contribution in [-0.4, -0.2) is 57.7 Å². The van der Waals surface area contributed by atoms with E-state index in [1.807, 2.05) is 0 Å².